The Hall–Kier alpha value is -0.770. The first-order valence-corrected chi connectivity index (χ1v) is 6.36. The molecule has 18 heavy (non-hydrogen) atoms. The lowest BCUT2D eigenvalue weighted by Gasteiger charge is -2.25. The molecule has 1 aliphatic carbocycles. The first kappa shape index (κ1) is 13.7. The van der Waals surface area contributed by atoms with Crippen molar-refractivity contribution >= 4 is 12.4 Å². The van der Waals surface area contributed by atoms with Crippen LogP contribution in [0.3, 0.4) is 0 Å². The second-order valence-corrected chi connectivity index (χ2v) is 4.97. The van der Waals surface area contributed by atoms with Crippen molar-refractivity contribution in [2.45, 2.75) is 25.5 Å². The van der Waals surface area contributed by atoms with Gasteiger partial charge in [-0.15, -0.1) is 12.4 Å². The van der Waals surface area contributed by atoms with E-state index in [4.69, 9.17) is 9.47 Å². The van der Waals surface area contributed by atoms with Crippen LogP contribution in [0.1, 0.15) is 30.1 Å². The summed E-state index contributed by atoms with van der Waals surface area (Å²) in [6, 6.07) is 6.36. The Bertz CT molecular complexity index is 407. The summed E-state index contributed by atoms with van der Waals surface area (Å²) in [6.07, 6.45) is 2.81. The number of hydrogen-bond acceptors (Lipinski definition) is 3. The van der Waals surface area contributed by atoms with Crippen LogP contribution in [0.2, 0.25) is 0 Å². The van der Waals surface area contributed by atoms with E-state index in [1.807, 2.05) is 0 Å². The number of methoxy groups -OCH3 is 1. The zero-order valence-corrected chi connectivity index (χ0v) is 11.5. The van der Waals surface area contributed by atoms with E-state index in [-0.39, 0.29) is 18.5 Å². The molecule has 3 nitrogen and oxygen atoms in total. The molecule has 0 radical (unpaired) electrons. The number of hydrogen-bond donors (Lipinski definition) is 1. The number of benzene rings is 1. The molecule has 100 valence electrons. The molecular formula is C14H20ClNO2. The number of ether oxygens (including phenoxy) is 2. The maximum Gasteiger partial charge on any atom is 0.119 e. The van der Waals surface area contributed by atoms with Crippen LogP contribution >= 0.6 is 12.4 Å². The molecule has 0 aromatic heterocycles. The van der Waals surface area contributed by atoms with Crippen LogP contribution in [-0.2, 0) is 11.3 Å². The van der Waals surface area contributed by atoms with Gasteiger partial charge in [0.25, 0.3) is 0 Å². The molecule has 1 aromatic rings. The Labute approximate surface area is 114 Å². The normalized spacial score (nSPS) is 21.9. The third-order valence-electron chi connectivity index (χ3n) is 3.58. The number of halogens is 1. The molecular weight excluding hydrogens is 250 g/mol. The summed E-state index contributed by atoms with van der Waals surface area (Å²) in [4.78, 5) is 0. The molecule has 1 saturated carbocycles. The van der Waals surface area contributed by atoms with Gasteiger partial charge in [-0.3, -0.25) is 0 Å². The van der Waals surface area contributed by atoms with E-state index in [0.717, 1.165) is 31.4 Å². The molecule has 1 aliphatic heterocycles. The summed E-state index contributed by atoms with van der Waals surface area (Å²) in [5, 5.41) is 3.36. The van der Waals surface area contributed by atoms with Crippen molar-refractivity contribution in [2.75, 3.05) is 20.3 Å². The fraction of sp³-hybridized carbons (Fsp3) is 0.571. The second kappa shape index (κ2) is 5.91. The number of rotatable bonds is 4. The Morgan fingerprint density at radius 1 is 1.33 bits per heavy atom. The van der Waals surface area contributed by atoms with Crippen LogP contribution in [0.15, 0.2) is 18.2 Å². The average Bonchev–Trinajstić information content (AvgIpc) is 3.19. The molecule has 0 saturated heterocycles. The van der Waals surface area contributed by atoms with Gasteiger partial charge in [0.15, 0.2) is 0 Å². The zero-order valence-electron chi connectivity index (χ0n) is 10.6. The second-order valence-electron chi connectivity index (χ2n) is 4.97. The van der Waals surface area contributed by atoms with E-state index in [1.54, 1.807) is 7.11 Å². The maximum atomic E-state index is 5.81. The third kappa shape index (κ3) is 2.97. The van der Waals surface area contributed by atoms with Gasteiger partial charge in [-0.05, 0) is 42.0 Å². The molecule has 1 heterocycles. The van der Waals surface area contributed by atoms with Crippen molar-refractivity contribution in [3.05, 3.63) is 29.3 Å². The van der Waals surface area contributed by atoms with E-state index in [0.29, 0.717) is 0 Å². The van der Waals surface area contributed by atoms with E-state index >= 15 is 0 Å². The zero-order chi connectivity index (χ0) is 11.7. The molecule has 0 amide bonds. The first-order chi connectivity index (χ1) is 8.36. The van der Waals surface area contributed by atoms with Gasteiger partial charge in [-0.25, -0.2) is 0 Å². The van der Waals surface area contributed by atoms with Crippen molar-refractivity contribution in [2.24, 2.45) is 5.92 Å². The van der Waals surface area contributed by atoms with Crippen molar-refractivity contribution in [1.82, 2.24) is 5.32 Å². The summed E-state index contributed by atoms with van der Waals surface area (Å²) >= 11 is 0. The van der Waals surface area contributed by atoms with Gasteiger partial charge < -0.3 is 14.8 Å². The Morgan fingerprint density at radius 2 is 2.17 bits per heavy atom. The standard InChI is InChI=1S/C14H19NO2.ClH/c1-16-14-8-15-7-11-4-5-12(6-13(11)14)17-9-10-2-3-10;/h4-6,10,14-15H,2-3,7-9H2,1H3;1H. The van der Waals surface area contributed by atoms with Gasteiger partial charge in [0.05, 0.1) is 12.7 Å². The maximum absolute atomic E-state index is 5.81. The monoisotopic (exact) mass is 269 g/mol. The summed E-state index contributed by atoms with van der Waals surface area (Å²) in [5.74, 6) is 1.78. The first-order valence-electron chi connectivity index (χ1n) is 6.36. The highest BCUT2D eigenvalue weighted by Gasteiger charge is 2.23. The highest BCUT2D eigenvalue weighted by atomic mass is 35.5. The van der Waals surface area contributed by atoms with Crippen LogP contribution in [-0.4, -0.2) is 20.3 Å². The third-order valence-corrected chi connectivity index (χ3v) is 3.58. The minimum Gasteiger partial charge on any atom is -0.493 e. The van der Waals surface area contributed by atoms with Crippen molar-refractivity contribution in [3.63, 3.8) is 0 Å². The van der Waals surface area contributed by atoms with Crippen LogP contribution < -0.4 is 10.1 Å². The van der Waals surface area contributed by atoms with Gasteiger partial charge in [-0.2, -0.15) is 0 Å². The van der Waals surface area contributed by atoms with Crippen LogP contribution in [0, 0.1) is 5.92 Å². The van der Waals surface area contributed by atoms with E-state index in [1.165, 1.54) is 24.0 Å². The lowest BCUT2D eigenvalue weighted by molar-refractivity contribution is 0.0952. The topological polar surface area (TPSA) is 30.5 Å². The minimum absolute atomic E-state index is 0. The van der Waals surface area contributed by atoms with Crippen molar-refractivity contribution < 1.29 is 9.47 Å². The van der Waals surface area contributed by atoms with Gasteiger partial charge in [0, 0.05) is 20.2 Å². The largest absolute Gasteiger partial charge is 0.493 e. The Balaban J connectivity index is 0.00000120. The lowest BCUT2D eigenvalue weighted by atomic mass is 9.98. The predicted molar refractivity (Wildman–Crippen MR) is 73.4 cm³/mol. The highest BCUT2D eigenvalue weighted by molar-refractivity contribution is 5.85. The van der Waals surface area contributed by atoms with E-state index < -0.39 is 0 Å². The summed E-state index contributed by atoms with van der Waals surface area (Å²) in [7, 11) is 1.76. The van der Waals surface area contributed by atoms with E-state index in [2.05, 4.69) is 23.5 Å². The van der Waals surface area contributed by atoms with Crippen molar-refractivity contribution in [3.8, 4) is 5.75 Å². The molecule has 1 N–H and O–H groups in total. The smallest absolute Gasteiger partial charge is 0.119 e. The van der Waals surface area contributed by atoms with Crippen molar-refractivity contribution in [1.29, 1.82) is 0 Å². The molecule has 0 spiro atoms. The van der Waals surface area contributed by atoms with Crippen LogP contribution in [0.5, 0.6) is 5.75 Å². The lowest BCUT2D eigenvalue weighted by Crippen LogP contribution is -2.29. The Morgan fingerprint density at radius 3 is 2.89 bits per heavy atom. The van der Waals surface area contributed by atoms with Gasteiger partial charge in [-0.1, -0.05) is 6.07 Å². The van der Waals surface area contributed by atoms with Gasteiger partial charge in [0.2, 0.25) is 0 Å². The highest BCUT2D eigenvalue weighted by Crippen LogP contribution is 2.31. The predicted octanol–water partition coefficient (Wildman–Crippen LogP) is 2.69. The molecule has 1 atom stereocenters. The molecule has 4 heteroatoms. The summed E-state index contributed by atoms with van der Waals surface area (Å²) in [5.41, 5.74) is 2.60. The minimum atomic E-state index is 0. The SMILES string of the molecule is COC1CNCc2ccc(OCC3CC3)cc21.Cl. The summed E-state index contributed by atoms with van der Waals surface area (Å²) < 4.78 is 11.3. The van der Waals surface area contributed by atoms with E-state index in [9.17, 15) is 0 Å². The van der Waals surface area contributed by atoms with Crippen LogP contribution in [0.25, 0.3) is 0 Å². The number of fused-ring (bicyclic) bond motifs is 1. The Kier molecular flexibility index (Phi) is 4.49. The molecule has 1 fully saturated rings. The average molecular weight is 270 g/mol. The molecule has 1 aromatic carbocycles. The molecule has 0 bridgehead atoms. The fourth-order valence-electron chi connectivity index (χ4n) is 2.28. The quantitative estimate of drug-likeness (QED) is 0.912. The number of nitrogens with one attached hydrogen (secondary N) is 1. The van der Waals surface area contributed by atoms with Crippen LogP contribution in [0.4, 0.5) is 0 Å². The summed E-state index contributed by atoms with van der Waals surface area (Å²) in [6.45, 7) is 2.68. The molecule has 3 rings (SSSR count). The van der Waals surface area contributed by atoms with Gasteiger partial charge >= 0.3 is 0 Å². The van der Waals surface area contributed by atoms with Gasteiger partial charge in [0.1, 0.15) is 5.75 Å². The fourth-order valence-corrected chi connectivity index (χ4v) is 2.28. The molecule has 1 unspecified atom stereocenters. The molecule has 2 aliphatic rings.